The summed E-state index contributed by atoms with van der Waals surface area (Å²) in [5.41, 5.74) is 0.942. The first-order valence-electron chi connectivity index (χ1n) is 6.62. The number of carbonyl (C=O) groups excluding carboxylic acids is 1. The summed E-state index contributed by atoms with van der Waals surface area (Å²) in [4.78, 5) is 13.7. The molecule has 0 bridgehead atoms. The lowest BCUT2D eigenvalue weighted by Crippen LogP contribution is -2.38. The van der Waals surface area contributed by atoms with Crippen molar-refractivity contribution in [2.45, 2.75) is 19.4 Å². The van der Waals surface area contributed by atoms with E-state index < -0.39 is 5.82 Å². The minimum Gasteiger partial charge on any atom is -0.469 e. The Kier molecular flexibility index (Phi) is 4.70. The first-order valence-corrected chi connectivity index (χ1v) is 6.62. The van der Waals surface area contributed by atoms with Crippen molar-refractivity contribution in [3.05, 3.63) is 35.1 Å². The Labute approximate surface area is 117 Å². The van der Waals surface area contributed by atoms with Gasteiger partial charge >= 0.3 is 5.97 Å². The SMILES string of the molecule is COC(=O)C1CCCN(Cc2ccc(F)c(C#N)c2)C1. The predicted octanol–water partition coefficient (Wildman–Crippen LogP) is 2.08. The number of methoxy groups -OCH3 is 1. The maximum Gasteiger partial charge on any atom is 0.309 e. The minimum atomic E-state index is -0.498. The number of hydrogen-bond acceptors (Lipinski definition) is 4. The summed E-state index contributed by atoms with van der Waals surface area (Å²) in [6.07, 6.45) is 1.78. The van der Waals surface area contributed by atoms with Crippen molar-refractivity contribution in [1.82, 2.24) is 4.90 Å². The smallest absolute Gasteiger partial charge is 0.309 e. The normalized spacial score (nSPS) is 19.4. The summed E-state index contributed by atoms with van der Waals surface area (Å²) < 4.78 is 18.0. The molecule has 1 fully saturated rings. The van der Waals surface area contributed by atoms with Crippen molar-refractivity contribution in [2.75, 3.05) is 20.2 Å². The van der Waals surface area contributed by atoms with Crippen LogP contribution < -0.4 is 0 Å². The van der Waals surface area contributed by atoms with E-state index in [0.29, 0.717) is 13.1 Å². The molecule has 1 aromatic rings. The first-order chi connectivity index (χ1) is 9.63. The lowest BCUT2D eigenvalue weighted by atomic mass is 9.97. The van der Waals surface area contributed by atoms with Gasteiger partial charge in [0.1, 0.15) is 11.9 Å². The number of benzene rings is 1. The number of nitrogens with zero attached hydrogens (tertiary/aromatic N) is 2. The molecule has 1 heterocycles. The van der Waals surface area contributed by atoms with Crippen LogP contribution in [0, 0.1) is 23.1 Å². The van der Waals surface area contributed by atoms with Crippen molar-refractivity contribution < 1.29 is 13.9 Å². The Hall–Kier alpha value is -1.93. The number of nitriles is 1. The van der Waals surface area contributed by atoms with Gasteiger partial charge in [0.15, 0.2) is 0 Å². The molecule has 106 valence electrons. The average Bonchev–Trinajstić information content (AvgIpc) is 2.48. The third-order valence-corrected chi connectivity index (χ3v) is 3.60. The molecule has 5 heteroatoms. The van der Waals surface area contributed by atoms with Crippen molar-refractivity contribution in [1.29, 1.82) is 5.26 Å². The quantitative estimate of drug-likeness (QED) is 0.793. The van der Waals surface area contributed by atoms with Gasteiger partial charge in [0.05, 0.1) is 18.6 Å². The number of piperidine rings is 1. The van der Waals surface area contributed by atoms with Gasteiger partial charge in [-0.05, 0) is 37.1 Å². The highest BCUT2D eigenvalue weighted by molar-refractivity contribution is 5.72. The van der Waals surface area contributed by atoms with Crippen molar-refractivity contribution in [2.24, 2.45) is 5.92 Å². The fourth-order valence-electron chi connectivity index (χ4n) is 2.57. The van der Waals surface area contributed by atoms with Gasteiger partial charge in [-0.2, -0.15) is 5.26 Å². The Morgan fingerprint density at radius 2 is 2.40 bits per heavy atom. The molecule has 1 atom stereocenters. The third kappa shape index (κ3) is 3.34. The van der Waals surface area contributed by atoms with Gasteiger partial charge in [0.25, 0.3) is 0 Å². The van der Waals surface area contributed by atoms with Crippen molar-refractivity contribution in [3.63, 3.8) is 0 Å². The van der Waals surface area contributed by atoms with E-state index >= 15 is 0 Å². The molecule has 1 aromatic carbocycles. The number of hydrogen-bond donors (Lipinski definition) is 0. The Morgan fingerprint density at radius 3 is 3.10 bits per heavy atom. The molecule has 2 rings (SSSR count). The van der Waals surface area contributed by atoms with Gasteiger partial charge in [0.2, 0.25) is 0 Å². The van der Waals surface area contributed by atoms with E-state index in [4.69, 9.17) is 10.00 Å². The Morgan fingerprint density at radius 1 is 1.60 bits per heavy atom. The van der Waals surface area contributed by atoms with Gasteiger partial charge in [-0.1, -0.05) is 6.07 Å². The zero-order chi connectivity index (χ0) is 14.5. The number of likely N-dealkylation sites (tertiary alicyclic amines) is 1. The van der Waals surface area contributed by atoms with Crippen LogP contribution >= 0.6 is 0 Å². The number of carbonyl (C=O) groups is 1. The van der Waals surface area contributed by atoms with Crippen LogP contribution in [0.5, 0.6) is 0 Å². The predicted molar refractivity (Wildman–Crippen MR) is 71.1 cm³/mol. The highest BCUT2D eigenvalue weighted by atomic mass is 19.1. The van der Waals surface area contributed by atoms with E-state index in [1.807, 2.05) is 6.07 Å². The topological polar surface area (TPSA) is 53.3 Å². The van der Waals surface area contributed by atoms with E-state index in [1.165, 1.54) is 13.2 Å². The minimum absolute atomic E-state index is 0.0593. The Bertz CT molecular complexity index is 539. The van der Waals surface area contributed by atoms with Crippen LogP contribution in [0.1, 0.15) is 24.0 Å². The number of ether oxygens (including phenoxy) is 1. The summed E-state index contributed by atoms with van der Waals surface area (Å²) in [7, 11) is 1.40. The molecule has 1 aliphatic rings. The molecule has 0 aromatic heterocycles. The largest absolute Gasteiger partial charge is 0.469 e. The van der Waals surface area contributed by atoms with E-state index in [9.17, 15) is 9.18 Å². The van der Waals surface area contributed by atoms with Gasteiger partial charge in [-0.25, -0.2) is 4.39 Å². The van der Waals surface area contributed by atoms with E-state index in [1.54, 1.807) is 12.1 Å². The van der Waals surface area contributed by atoms with Gasteiger partial charge < -0.3 is 4.74 Å². The third-order valence-electron chi connectivity index (χ3n) is 3.60. The van der Waals surface area contributed by atoms with Crippen LogP contribution in [0.4, 0.5) is 4.39 Å². The van der Waals surface area contributed by atoms with Crippen LogP contribution in [-0.2, 0) is 16.1 Å². The zero-order valence-corrected chi connectivity index (χ0v) is 11.4. The second-order valence-electron chi connectivity index (χ2n) is 5.02. The molecular weight excluding hydrogens is 259 g/mol. The molecular formula is C15H17FN2O2. The van der Waals surface area contributed by atoms with Crippen molar-refractivity contribution in [3.8, 4) is 6.07 Å². The van der Waals surface area contributed by atoms with Gasteiger partial charge in [-0.15, -0.1) is 0 Å². The molecule has 20 heavy (non-hydrogen) atoms. The van der Waals surface area contributed by atoms with Crippen LogP contribution in [0.3, 0.4) is 0 Å². The summed E-state index contributed by atoms with van der Waals surface area (Å²) in [5, 5.41) is 8.83. The molecule has 0 saturated carbocycles. The standard InChI is InChI=1S/C15H17FN2O2/c1-20-15(19)12-3-2-6-18(10-12)9-11-4-5-14(16)13(7-11)8-17/h4-5,7,12H,2-3,6,9-10H2,1H3. The molecule has 0 aliphatic carbocycles. The lowest BCUT2D eigenvalue weighted by Gasteiger charge is -2.31. The second kappa shape index (κ2) is 6.49. The van der Waals surface area contributed by atoms with E-state index in [0.717, 1.165) is 24.9 Å². The van der Waals surface area contributed by atoms with Gasteiger partial charge in [-0.3, -0.25) is 9.69 Å². The number of esters is 1. The molecule has 0 radical (unpaired) electrons. The molecule has 0 amide bonds. The molecule has 1 aliphatic heterocycles. The van der Waals surface area contributed by atoms with Crippen LogP contribution in [0.2, 0.25) is 0 Å². The average molecular weight is 276 g/mol. The maximum absolute atomic E-state index is 13.3. The summed E-state index contributed by atoms with van der Waals surface area (Å²) in [6, 6.07) is 6.40. The van der Waals surface area contributed by atoms with Crippen LogP contribution in [0.25, 0.3) is 0 Å². The number of rotatable bonds is 3. The van der Waals surface area contributed by atoms with Crippen molar-refractivity contribution >= 4 is 5.97 Å². The monoisotopic (exact) mass is 276 g/mol. The maximum atomic E-state index is 13.3. The first kappa shape index (κ1) is 14.5. The highest BCUT2D eigenvalue weighted by Gasteiger charge is 2.26. The molecule has 1 unspecified atom stereocenters. The summed E-state index contributed by atoms with van der Waals surface area (Å²) >= 11 is 0. The fourth-order valence-corrected chi connectivity index (χ4v) is 2.57. The van der Waals surface area contributed by atoms with Crippen LogP contribution in [0.15, 0.2) is 18.2 Å². The fraction of sp³-hybridized carbons (Fsp3) is 0.467. The van der Waals surface area contributed by atoms with E-state index in [-0.39, 0.29) is 17.5 Å². The molecule has 0 N–H and O–H groups in total. The molecule has 0 spiro atoms. The second-order valence-corrected chi connectivity index (χ2v) is 5.02. The number of halogens is 1. The van der Waals surface area contributed by atoms with E-state index in [2.05, 4.69) is 4.90 Å². The molecule has 4 nitrogen and oxygen atoms in total. The zero-order valence-electron chi connectivity index (χ0n) is 11.4. The highest BCUT2D eigenvalue weighted by Crippen LogP contribution is 2.20. The molecule has 1 saturated heterocycles. The lowest BCUT2D eigenvalue weighted by molar-refractivity contribution is -0.147. The summed E-state index contributed by atoms with van der Waals surface area (Å²) in [6.45, 7) is 2.15. The van der Waals surface area contributed by atoms with Gasteiger partial charge in [0, 0.05) is 13.1 Å². The van der Waals surface area contributed by atoms with Crippen LogP contribution in [-0.4, -0.2) is 31.1 Å². The Balaban J connectivity index is 2.03. The summed E-state index contributed by atoms with van der Waals surface area (Å²) in [5.74, 6) is -0.765.